The van der Waals surface area contributed by atoms with Crippen molar-refractivity contribution < 1.29 is 4.79 Å². The van der Waals surface area contributed by atoms with Crippen LogP contribution in [-0.2, 0) is 0 Å². The molecule has 104 valence electrons. The fraction of sp³-hybridized carbons (Fsp3) is 0.429. The first kappa shape index (κ1) is 12.8. The minimum absolute atomic E-state index is 0.186. The maximum absolute atomic E-state index is 12.1. The maximum Gasteiger partial charge on any atom is 0.257 e. The second-order valence-corrected chi connectivity index (χ2v) is 5.11. The summed E-state index contributed by atoms with van der Waals surface area (Å²) in [7, 11) is 0. The van der Waals surface area contributed by atoms with Crippen molar-refractivity contribution in [3.8, 4) is 0 Å². The molecule has 0 aliphatic heterocycles. The third-order valence-electron chi connectivity index (χ3n) is 3.81. The molecule has 2 aromatic rings. The second kappa shape index (κ2) is 5.40. The van der Waals surface area contributed by atoms with E-state index in [0.29, 0.717) is 11.6 Å². The Hall–Kier alpha value is -2.24. The molecule has 1 saturated carbocycles. The smallest absolute Gasteiger partial charge is 0.257 e. The van der Waals surface area contributed by atoms with Crippen LogP contribution in [0.1, 0.15) is 47.8 Å². The Morgan fingerprint density at radius 1 is 1.30 bits per heavy atom. The normalized spacial score (nSPS) is 15.4. The van der Waals surface area contributed by atoms with Gasteiger partial charge >= 0.3 is 0 Å². The summed E-state index contributed by atoms with van der Waals surface area (Å²) >= 11 is 0. The van der Waals surface area contributed by atoms with Crippen LogP contribution in [0.2, 0.25) is 0 Å². The summed E-state index contributed by atoms with van der Waals surface area (Å²) in [4.78, 5) is 12.1. The molecule has 0 spiro atoms. The molecule has 1 aliphatic carbocycles. The molecule has 0 radical (unpaired) electrons. The van der Waals surface area contributed by atoms with E-state index in [2.05, 4.69) is 20.6 Å². The van der Waals surface area contributed by atoms with E-state index in [1.165, 1.54) is 38.1 Å². The number of anilines is 1. The highest BCUT2D eigenvalue weighted by atomic mass is 16.1. The number of carbonyl (C=O) groups excluding carboxylic acids is 1. The van der Waals surface area contributed by atoms with Crippen molar-refractivity contribution in [3.05, 3.63) is 35.9 Å². The zero-order valence-corrected chi connectivity index (χ0v) is 11.4. The largest absolute Gasteiger partial charge is 0.319 e. The first-order valence-corrected chi connectivity index (χ1v) is 6.88. The number of amides is 1. The summed E-state index contributed by atoms with van der Waals surface area (Å²) < 4.78 is 2.04. The second-order valence-electron chi connectivity index (χ2n) is 5.11. The summed E-state index contributed by atoms with van der Waals surface area (Å²) in [6.07, 6.45) is 9.53. The van der Waals surface area contributed by atoms with Crippen LogP contribution in [0.15, 0.2) is 24.7 Å². The third-order valence-corrected chi connectivity index (χ3v) is 3.81. The van der Waals surface area contributed by atoms with E-state index < -0.39 is 0 Å². The maximum atomic E-state index is 12.1. The molecule has 1 N–H and O–H groups in total. The Morgan fingerprint density at radius 3 is 2.80 bits per heavy atom. The molecule has 0 bridgehead atoms. The van der Waals surface area contributed by atoms with Gasteiger partial charge in [0.25, 0.3) is 5.91 Å². The predicted molar refractivity (Wildman–Crippen MR) is 74.5 cm³/mol. The zero-order chi connectivity index (χ0) is 13.9. The van der Waals surface area contributed by atoms with E-state index in [9.17, 15) is 4.79 Å². The van der Waals surface area contributed by atoms with E-state index in [4.69, 9.17) is 0 Å². The van der Waals surface area contributed by atoms with Gasteiger partial charge in [-0.15, -0.1) is 0 Å². The molecular formula is C14H17N5O. The van der Waals surface area contributed by atoms with Gasteiger partial charge in [-0.1, -0.05) is 12.8 Å². The Morgan fingerprint density at radius 2 is 2.10 bits per heavy atom. The van der Waals surface area contributed by atoms with Crippen LogP contribution in [0.3, 0.4) is 0 Å². The van der Waals surface area contributed by atoms with Crippen molar-refractivity contribution in [2.24, 2.45) is 0 Å². The van der Waals surface area contributed by atoms with E-state index in [1.54, 1.807) is 12.3 Å². The Bertz CT molecular complexity index is 601. The van der Waals surface area contributed by atoms with Crippen LogP contribution in [-0.4, -0.2) is 25.9 Å². The quantitative estimate of drug-likeness (QED) is 0.930. The van der Waals surface area contributed by atoms with Crippen LogP contribution >= 0.6 is 0 Å². The number of nitrogens with zero attached hydrogens (tertiary/aromatic N) is 4. The summed E-state index contributed by atoms with van der Waals surface area (Å²) in [5.41, 5.74) is 2.26. The van der Waals surface area contributed by atoms with Gasteiger partial charge in [-0.25, -0.2) is 0 Å². The Balaban J connectivity index is 1.76. The topological polar surface area (TPSA) is 72.7 Å². The molecule has 0 unspecified atom stereocenters. The number of nitrogens with one attached hydrogen (secondary N) is 1. The van der Waals surface area contributed by atoms with Gasteiger partial charge in [-0.3, -0.25) is 9.48 Å². The minimum atomic E-state index is -0.186. The van der Waals surface area contributed by atoms with Gasteiger partial charge in [0.1, 0.15) is 0 Å². The molecule has 1 amide bonds. The lowest BCUT2D eigenvalue weighted by molar-refractivity contribution is 0.102. The van der Waals surface area contributed by atoms with Gasteiger partial charge < -0.3 is 5.32 Å². The van der Waals surface area contributed by atoms with Crippen molar-refractivity contribution in [1.82, 2.24) is 20.0 Å². The molecule has 1 aliphatic rings. The molecule has 2 heterocycles. The van der Waals surface area contributed by atoms with Crippen molar-refractivity contribution in [2.75, 3.05) is 5.32 Å². The summed E-state index contributed by atoms with van der Waals surface area (Å²) in [5, 5.41) is 14.7. The molecule has 1 fully saturated rings. The molecule has 0 aromatic carbocycles. The number of carbonyl (C=O) groups is 1. The lowest BCUT2D eigenvalue weighted by Gasteiger charge is -2.12. The number of hydrogen-bond acceptors (Lipinski definition) is 4. The van der Waals surface area contributed by atoms with Crippen LogP contribution in [0.25, 0.3) is 0 Å². The van der Waals surface area contributed by atoms with E-state index in [1.807, 2.05) is 11.6 Å². The van der Waals surface area contributed by atoms with Gasteiger partial charge in [0.05, 0.1) is 41.6 Å². The fourth-order valence-electron chi connectivity index (χ4n) is 2.68. The minimum Gasteiger partial charge on any atom is -0.319 e. The predicted octanol–water partition coefficient (Wildman–Crippen LogP) is 2.35. The highest BCUT2D eigenvalue weighted by Gasteiger charge is 2.21. The Kier molecular flexibility index (Phi) is 3.45. The SMILES string of the molecule is Cc1c(NC(=O)c2ccnnc2)cnn1C1CCCC1. The highest BCUT2D eigenvalue weighted by molar-refractivity contribution is 6.04. The van der Waals surface area contributed by atoms with Crippen LogP contribution in [0.4, 0.5) is 5.69 Å². The lowest BCUT2D eigenvalue weighted by atomic mass is 10.2. The standard InChI is InChI=1S/C14H17N5O/c1-10-13(9-17-19(10)12-4-2-3-5-12)18-14(20)11-6-7-15-16-8-11/h6-9,12H,2-5H2,1H3,(H,18,20). The number of aromatic nitrogens is 4. The highest BCUT2D eigenvalue weighted by Crippen LogP contribution is 2.31. The third kappa shape index (κ3) is 2.41. The van der Waals surface area contributed by atoms with Crippen LogP contribution in [0, 0.1) is 6.92 Å². The summed E-state index contributed by atoms with van der Waals surface area (Å²) in [5.74, 6) is -0.186. The van der Waals surface area contributed by atoms with Crippen molar-refractivity contribution in [1.29, 1.82) is 0 Å². The van der Waals surface area contributed by atoms with Crippen molar-refractivity contribution in [2.45, 2.75) is 38.6 Å². The Labute approximate surface area is 117 Å². The van der Waals surface area contributed by atoms with Gasteiger partial charge in [-0.2, -0.15) is 15.3 Å². The molecule has 6 nitrogen and oxygen atoms in total. The first-order valence-electron chi connectivity index (χ1n) is 6.88. The molecule has 0 atom stereocenters. The molecule has 6 heteroatoms. The zero-order valence-electron chi connectivity index (χ0n) is 11.4. The van der Waals surface area contributed by atoms with Gasteiger partial charge in [0.2, 0.25) is 0 Å². The summed E-state index contributed by atoms with van der Waals surface area (Å²) in [6, 6.07) is 2.11. The van der Waals surface area contributed by atoms with E-state index in [-0.39, 0.29) is 5.91 Å². The molecule has 20 heavy (non-hydrogen) atoms. The molecular weight excluding hydrogens is 254 g/mol. The van der Waals surface area contributed by atoms with Crippen LogP contribution < -0.4 is 5.32 Å². The molecule has 2 aromatic heterocycles. The molecule has 3 rings (SSSR count). The van der Waals surface area contributed by atoms with Gasteiger partial charge in [-0.05, 0) is 25.8 Å². The lowest BCUT2D eigenvalue weighted by Crippen LogP contribution is -2.14. The monoisotopic (exact) mass is 271 g/mol. The van der Waals surface area contributed by atoms with Crippen molar-refractivity contribution in [3.63, 3.8) is 0 Å². The molecule has 0 saturated heterocycles. The average Bonchev–Trinajstić information content (AvgIpc) is 3.11. The number of hydrogen-bond donors (Lipinski definition) is 1. The van der Waals surface area contributed by atoms with E-state index >= 15 is 0 Å². The number of rotatable bonds is 3. The first-order chi connectivity index (χ1) is 9.75. The van der Waals surface area contributed by atoms with Crippen molar-refractivity contribution >= 4 is 11.6 Å². The van der Waals surface area contributed by atoms with E-state index in [0.717, 1.165) is 11.4 Å². The summed E-state index contributed by atoms with van der Waals surface area (Å²) in [6.45, 7) is 1.99. The van der Waals surface area contributed by atoms with Crippen LogP contribution in [0.5, 0.6) is 0 Å². The fourth-order valence-corrected chi connectivity index (χ4v) is 2.68. The van der Waals surface area contributed by atoms with Gasteiger partial charge in [0, 0.05) is 0 Å². The van der Waals surface area contributed by atoms with Gasteiger partial charge in [0.15, 0.2) is 0 Å². The average molecular weight is 271 g/mol.